The second-order valence-corrected chi connectivity index (χ2v) is 6.99. The van der Waals surface area contributed by atoms with Gasteiger partial charge in [0.1, 0.15) is 42.8 Å². The first-order chi connectivity index (χ1) is 12.8. The molecule has 0 radical (unpaired) electrons. The van der Waals surface area contributed by atoms with Crippen LogP contribution in [0.1, 0.15) is 26.5 Å². The maximum Gasteiger partial charge on any atom is 0.302 e. The Balaban J connectivity index is 1.81. The molecule has 142 valence electrons. The minimum Gasteiger partial charge on any atom is -0.463 e. The summed E-state index contributed by atoms with van der Waals surface area (Å²) >= 11 is 0. The fourth-order valence-electron chi connectivity index (χ4n) is 3.66. The van der Waals surface area contributed by atoms with Crippen LogP contribution in [0, 0.1) is 11.3 Å². The van der Waals surface area contributed by atoms with E-state index in [-0.39, 0.29) is 12.4 Å². The standard InChI is InChI=1S/C17H19N5O5/c1-9(23)24-6-11-13-14(27-16(2,3)26-13)17(7-18,25-11)12-5-4-10-15(19)20-8-21-22(10)12/h4-5,8,11,13-14H,6H2,1-3H3,(H2,19,20,21)/t11-,13-,14-,17?/m1/s1. The smallest absolute Gasteiger partial charge is 0.302 e. The molecule has 0 spiro atoms. The van der Waals surface area contributed by atoms with Gasteiger partial charge in [-0.1, -0.05) is 0 Å². The van der Waals surface area contributed by atoms with Crippen LogP contribution < -0.4 is 5.73 Å². The summed E-state index contributed by atoms with van der Waals surface area (Å²) in [5.41, 5.74) is 5.37. The first-order valence-electron chi connectivity index (χ1n) is 8.44. The normalized spacial score (nSPS) is 31.6. The number of carbonyl (C=O) groups excluding carboxylic acids is 1. The number of nitriles is 1. The van der Waals surface area contributed by atoms with Crippen molar-refractivity contribution in [3.63, 3.8) is 0 Å². The SMILES string of the molecule is CC(=O)OC[C@H]1OC(C#N)(c2ccc3c(N)ncnn23)[C@@H]2OC(C)(C)O[C@@H]21. The predicted octanol–water partition coefficient (Wildman–Crippen LogP) is 0.512. The van der Waals surface area contributed by atoms with E-state index in [1.54, 1.807) is 26.0 Å². The third kappa shape index (κ3) is 2.63. The molecule has 2 N–H and O–H groups in total. The number of ether oxygens (including phenoxy) is 4. The Labute approximate surface area is 154 Å². The molecule has 10 nitrogen and oxygen atoms in total. The summed E-state index contributed by atoms with van der Waals surface area (Å²) in [7, 11) is 0. The van der Waals surface area contributed by atoms with E-state index in [1.165, 1.54) is 17.8 Å². The lowest BCUT2D eigenvalue weighted by molar-refractivity contribution is -0.206. The van der Waals surface area contributed by atoms with Gasteiger partial charge in [0.15, 0.2) is 11.6 Å². The van der Waals surface area contributed by atoms with Gasteiger partial charge in [-0.25, -0.2) is 9.50 Å². The van der Waals surface area contributed by atoms with Gasteiger partial charge in [0.05, 0.1) is 5.69 Å². The topological polar surface area (TPSA) is 134 Å². The van der Waals surface area contributed by atoms with Crippen LogP contribution in [0.25, 0.3) is 5.52 Å². The van der Waals surface area contributed by atoms with Crippen molar-refractivity contribution in [3.8, 4) is 6.07 Å². The summed E-state index contributed by atoms with van der Waals surface area (Å²) in [5, 5.41) is 14.3. The van der Waals surface area contributed by atoms with Crippen molar-refractivity contribution in [1.29, 1.82) is 5.26 Å². The van der Waals surface area contributed by atoms with Crippen LogP contribution in [0.2, 0.25) is 0 Å². The van der Waals surface area contributed by atoms with E-state index in [4.69, 9.17) is 24.7 Å². The highest BCUT2D eigenvalue weighted by Gasteiger charge is 2.65. The van der Waals surface area contributed by atoms with Crippen molar-refractivity contribution in [3.05, 3.63) is 24.2 Å². The summed E-state index contributed by atoms with van der Waals surface area (Å²) in [6, 6.07) is 5.64. The van der Waals surface area contributed by atoms with E-state index < -0.39 is 35.7 Å². The second-order valence-electron chi connectivity index (χ2n) is 6.99. The van der Waals surface area contributed by atoms with Gasteiger partial charge in [0, 0.05) is 6.92 Å². The number of anilines is 1. The highest BCUT2D eigenvalue weighted by atomic mass is 16.8. The van der Waals surface area contributed by atoms with Crippen LogP contribution in [0.15, 0.2) is 18.5 Å². The van der Waals surface area contributed by atoms with Crippen molar-refractivity contribution < 1.29 is 23.7 Å². The molecule has 4 atom stereocenters. The van der Waals surface area contributed by atoms with Crippen molar-refractivity contribution in [2.45, 2.75) is 50.5 Å². The van der Waals surface area contributed by atoms with Gasteiger partial charge in [-0.3, -0.25) is 4.79 Å². The second kappa shape index (κ2) is 5.88. The number of hydrogen-bond acceptors (Lipinski definition) is 9. The van der Waals surface area contributed by atoms with E-state index in [9.17, 15) is 10.1 Å². The van der Waals surface area contributed by atoms with Crippen LogP contribution in [0.3, 0.4) is 0 Å². The Bertz CT molecular complexity index is 951. The highest BCUT2D eigenvalue weighted by Crippen LogP contribution is 2.49. The average Bonchev–Trinajstić information content (AvgIpc) is 3.24. The maximum absolute atomic E-state index is 11.2. The first kappa shape index (κ1) is 17.7. The molecular formula is C17H19N5O5. The summed E-state index contributed by atoms with van der Waals surface area (Å²) < 4.78 is 24.7. The zero-order valence-electron chi connectivity index (χ0n) is 15.1. The molecule has 2 fully saturated rings. The summed E-state index contributed by atoms with van der Waals surface area (Å²) in [6.07, 6.45) is -0.712. The number of nitrogens with two attached hydrogens (primary N) is 1. The molecule has 0 amide bonds. The van der Waals surface area contributed by atoms with E-state index in [2.05, 4.69) is 16.2 Å². The van der Waals surface area contributed by atoms with E-state index in [0.29, 0.717) is 11.2 Å². The molecular weight excluding hydrogens is 354 g/mol. The molecule has 2 aliphatic rings. The highest BCUT2D eigenvalue weighted by molar-refractivity contribution is 5.66. The first-order valence-corrected chi connectivity index (χ1v) is 8.44. The Morgan fingerprint density at radius 3 is 2.89 bits per heavy atom. The molecule has 0 bridgehead atoms. The quantitative estimate of drug-likeness (QED) is 0.764. The molecule has 2 aromatic heterocycles. The van der Waals surface area contributed by atoms with Crippen LogP contribution in [-0.2, 0) is 29.3 Å². The van der Waals surface area contributed by atoms with Gasteiger partial charge in [-0.2, -0.15) is 10.4 Å². The third-order valence-electron chi connectivity index (χ3n) is 4.71. The summed E-state index contributed by atoms with van der Waals surface area (Å²) in [6.45, 7) is 4.76. The summed E-state index contributed by atoms with van der Waals surface area (Å²) in [5.74, 6) is -1.09. The third-order valence-corrected chi connectivity index (χ3v) is 4.71. The zero-order chi connectivity index (χ0) is 19.4. The Morgan fingerprint density at radius 1 is 1.41 bits per heavy atom. The molecule has 0 aliphatic carbocycles. The van der Waals surface area contributed by atoms with Crippen molar-refractivity contribution in [2.75, 3.05) is 12.3 Å². The molecule has 10 heteroatoms. The van der Waals surface area contributed by atoms with Crippen molar-refractivity contribution in [1.82, 2.24) is 14.6 Å². The Kier molecular flexibility index (Phi) is 3.85. The van der Waals surface area contributed by atoms with Crippen LogP contribution in [0.4, 0.5) is 5.82 Å². The number of hydrogen-bond donors (Lipinski definition) is 1. The number of carbonyl (C=O) groups is 1. The maximum atomic E-state index is 11.2. The van der Waals surface area contributed by atoms with Crippen molar-refractivity contribution in [2.24, 2.45) is 0 Å². The van der Waals surface area contributed by atoms with Gasteiger partial charge < -0.3 is 24.7 Å². The van der Waals surface area contributed by atoms with E-state index in [1.807, 2.05) is 0 Å². The van der Waals surface area contributed by atoms with Gasteiger partial charge in [-0.05, 0) is 26.0 Å². The van der Waals surface area contributed by atoms with Crippen LogP contribution in [-0.4, -0.2) is 51.3 Å². The number of nitrogens with zero attached hydrogens (tertiary/aromatic N) is 4. The fraction of sp³-hybridized carbons (Fsp3) is 0.529. The summed E-state index contributed by atoms with van der Waals surface area (Å²) in [4.78, 5) is 15.2. The molecule has 4 heterocycles. The molecule has 2 aliphatic heterocycles. The van der Waals surface area contributed by atoms with E-state index >= 15 is 0 Å². The van der Waals surface area contributed by atoms with Gasteiger partial charge >= 0.3 is 5.97 Å². The number of nitrogen functional groups attached to an aromatic ring is 1. The lowest BCUT2D eigenvalue weighted by Crippen LogP contribution is -2.40. The zero-order valence-corrected chi connectivity index (χ0v) is 15.1. The molecule has 2 saturated heterocycles. The molecule has 0 saturated carbocycles. The molecule has 0 aromatic carbocycles. The number of aromatic nitrogens is 3. The Morgan fingerprint density at radius 2 is 2.19 bits per heavy atom. The average molecular weight is 373 g/mol. The lowest BCUT2D eigenvalue weighted by Gasteiger charge is -2.28. The van der Waals surface area contributed by atoms with Crippen molar-refractivity contribution >= 4 is 17.3 Å². The Hall–Kier alpha value is -2.74. The van der Waals surface area contributed by atoms with Crippen LogP contribution >= 0.6 is 0 Å². The number of rotatable bonds is 3. The van der Waals surface area contributed by atoms with E-state index in [0.717, 1.165) is 0 Å². The molecule has 1 unspecified atom stereocenters. The molecule has 4 rings (SSSR count). The van der Waals surface area contributed by atoms with Gasteiger partial charge in [0.2, 0.25) is 5.60 Å². The minimum atomic E-state index is -1.52. The molecule has 27 heavy (non-hydrogen) atoms. The number of esters is 1. The molecule has 2 aromatic rings. The monoisotopic (exact) mass is 373 g/mol. The minimum absolute atomic E-state index is 0.0558. The van der Waals surface area contributed by atoms with Crippen LogP contribution in [0.5, 0.6) is 0 Å². The lowest BCUT2D eigenvalue weighted by atomic mass is 9.92. The fourth-order valence-corrected chi connectivity index (χ4v) is 3.66. The number of fused-ring (bicyclic) bond motifs is 2. The largest absolute Gasteiger partial charge is 0.463 e. The predicted molar refractivity (Wildman–Crippen MR) is 90.0 cm³/mol. The van der Waals surface area contributed by atoms with Gasteiger partial charge in [-0.15, -0.1) is 0 Å². The van der Waals surface area contributed by atoms with Gasteiger partial charge in [0.25, 0.3) is 0 Å².